The number of amides is 1. The molecule has 1 aliphatic heterocycles. The molecule has 1 amide bonds. The Bertz CT molecular complexity index is 1010. The van der Waals surface area contributed by atoms with Crippen LogP contribution in [0.2, 0.25) is 0 Å². The van der Waals surface area contributed by atoms with Gasteiger partial charge in [-0.25, -0.2) is 9.37 Å². The van der Waals surface area contributed by atoms with E-state index in [0.717, 1.165) is 17.5 Å². The minimum absolute atomic E-state index is 0.188. The number of hydrogen-bond donors (Lipinski definition) is 2. The molecule has 6 nitrogen and oxygen atoms in total. The van der Waals surface area contributed by atoms with Gasteiger partial charge in [0.15, 0.2) is 11.5 Å². The minimum atomic E-state index is -0.247. The fourth-order valence-electron chi connectivity index (χ4n) is 2.99. The second-order valence-electron chi connectivity index (χ2n) is 6.60. The van der Waals surface area contributed by atoms with E-state index >= 15 is 0 Å². The molecule has 2 aromatic carbocycles. The number of anilines is 1. The van der Waals surface area contributed by atoms with Crippen LogP contribution in [0.5, 0.6) is 11.5 Å². The van der Waals surface area contributed by atoms with Gasteiger partial charge in [-0.15, -0.1) is 0 Å². The van der Waals surface area contributed by atoms with E-state index in [1.165, 1.54) is 12.1 Å². The number of rotatable bonds is 7. The summed E-state index contributed by atoms with van der Waals surface area (Å²) >= 11 is 0. The van der Waals surface area contributed by atoms with E-state index in [-0.39, 0.29) is 18.5 Å². The number of hydrogen-bond acceptors (Lipinski definition) is 5. The van der Waals surface area contributed by atoms with Gasteiger partial charge < -0.3 is 20.1 Å². The smallest absolute Gasteiger partial charge is 0.251 e. The number of benzene rings is 2. The SMILES string of the molecule is O=C(NCc1ccc2c(c1)OCO2)c1ccnc(NCCc2ccc(F)cc2)c1. The van der Waals surface area contributed by atoms with Gasteiger partial charge in [0.25, 0.3) is 5.91 Å². The summed E-state index contributed by atoms with van der Waals surface area (Å²) in [6.07, 6.45) is 2.32. The van der Waals surface area contributed by atoms with Gasteiger partial charge in [-0.1, -0.05) is 18.2 Å². The summed E-state index contributed by atoms with van der Waals surface area (Å²) in [5.41, 5.74) is 2.47. The highest BCUT2D eigenvalue weighted by Crippen LogP contribution is 2.32. The molecular formula is C22H20FN3O3. The van der Waals surface area contributed by atoms with Crippen LogP contribution in [0.1, 0.15) is 21.5 Å². The molecule has 1 aliphatic rings. The Morgan fingerprint density at radius 1 is 1.00 bits per heavy atom. The predicted octanol–water partition coefficient (Wildman–Crippen LogP) is 3.53. The lowest BCUT2D eigenvalue weighted by atomic mass is 10.1. The lowest BCUT2D eigenvalue weighted by molar-refractivity contribution is 0.0950. The van der Waals surface area contributed by atoms with Crippen LogP contribution in [0.25, 0.3) is 0 Å². The van der Waals surface area contributed by atoms with E-state index in [1.807, 2.05) is 18.2 Å². The van der Waals surface area contributed by atoms with Crippen molar-refractivity contribution >= 4 is 11.7 Å². The molecule has 4 rings (SSSR count). The molecule has 2 N–H and O–H groups in total. The van der Waals surface area contributed by atoms with Crippen LogP contribution in [0.4, 0.5) is 10.2 Å². The second kappa shape index (κ2) is 8.60. The highest BCUT2D eigenvalue weighted by atomic mass is 19.1. The molecular weight excluding hydrogens is 373 g/mol. The minimum Gasteiger partial charge on any atom is -0.454 e. The van der Waals surface area contributed by atoms with Crippen molar-refractivity contribution in [2.75, 3.05) is 18.7 Å². The van der Waals surface area contributed by atoms with E-state index in [4.69, 9.17) is 9.47 Å². The number of aromatic nitrogens is 1. The molecule has 0 bridgehead atoms. The first-order valence-corrected chi connectivity index (χ1v) is 9.28. The van der Waals surface area contributed by atoms with Crippen LogP contribution in [-0.4, -0.2) is 24.2 Å². The van der Waals surface area contributed by atoms with Crippen LogP contribution in [0.3, 0.4) is 0 Å². The van der Waals surface area contributed by atoms with Crippen LogP contribution < -0.4 is 20.1 Å². The van der Waals surface area contributed by atoms with Gasteiger partial charge >= 0.3 is 0 Å². The molecule has 0 unspecified atom stereocenters. The monoisotopic (exact) mass is 393 g/mol. The molecule has 0 saturated heterocycles. The number of carbonyl (C=O) groups excluding carboxylic acids is 1. The van der Waals surface area contributed by atoms with Crippen molar-refractivity contribution in [3.63, 3.8) is 0 Å². The van der Waals surface area contributed by atoms with E-state index in [2.05, 4.69) is 15.6 Å². The van der Waals surface area contributed by atoms with Crippen molar-refractivity contribution in [1.82, 2.24) is 10.3 Å². The van der Waals surface area contributed by atoms with Gasteiger partial charge in [-0.3, -0.25) is 4.79 Å². The molecule has 3 aromatic rings. The lowest BCUT2D eigenvalue weighted by Crippen LogP contribution is -2.23. The van der Waals surface area contributed by atoms with Crippen LogP contribution in [0, 0.1) is 5.82 Å². The summed E-state index contributed by atoms with van der Waals surface area (Å²) in [7, 11) is 0. The fraction of sp³-hybridized carbons (Fsp3) is 0.182. The van der Waals surface area contributed by atoms with Gasteiger partial charge in [-0.05, 0) is 53.9 Å². The summed E-state index contributed by atoms with van der Waals surface area (Å²) in [5.74, 6) is 1.58. The zero-order valence-electron chi connectivity index (χ0n) is 15.7. The maximum absolute atomic E-state index is 12.9. The Morgan fingerprint density at radius 3 is 2.66 bits per heavy atom. The molecule has 0 spiro atoms. The van der Waals surface area contributed by atoms with Gasteiger partial charge in [0.2, 0.25) is 6.79 Å². The third-order valence-electron chi connectivity index (χ3n) is 4.55. The van der Waals surface area contributed by atoms with E-state index < -0.39 is 0 Å². The summed E-state index contributed by atoms with van der Waals surface area (Å²) in [4.78, 5) is 16.7. The number of nitrogens with one attached hydrogen (secondary N) is 2. The average molecular weight is 393 g/mol. The van der Waals surface area contributed by atoms with Crippen molar-refractivity contribution < 1.29 is 18.7 Å². The quantitative estimate of drug-likeness (QED) is 0.643. The zero-order chi connectivity index (χ0) is 20.1. The van der Waals surface area contributed by atoms with Crippen LogP contribution in [0.15, 0.2) is 60.8 Å². The Morgan fingerprint density at radius 2 is 1.79 bits per heavy atom. The van der Waals surface area contributed by atoms with Crippen LogP contribution in [-0.2, 0) is 13.0 Å². The van der Waals surface area contributed by atoms with E-state index in [0.29, 0.717) is 36.0 Å². The number of nitrogens with zero attached hydrogens (tertiary/aromatic N) is 1. The topological polar surface area (TPSA) is 72.5 Å². The molecule has 0 aliphatic carbocycles. The maximum Gasteiger partial charge on any atom is 0.251 e. The third kappa shape index (κ3) is 4.82. The molecule has 0 atom stereocenters. The maximum atomic E-state index is 12.9. The standard InChI is InChI=1S/C22H20FN3O3/c23-18-4-1-15(2-5-18)7-9-24-21-12-17(8-10-25-21)22(27)26-13-16-3-6-19-20(11-16)29-14-28-19/h1-6,8,10-12H,7,9,13-14H2,(H,24,25)(H,26,27). The van der Waals surface area contributed by atoms with Gasteiger partial charge in [0.05, 0.1) is 0 Å². The Hall–Kier alpha value is -3.61. The third-order valence-corrected chi connectivity index (χ3v) is 4.55. The molecule has 0 radical (unpaired) electrons. The van der Waals surface area contributed by atoms with Crippen molar-refractivity contribution in [2.45, 2.75) is 13.0 Å². The summed E-state index contributed by atoms with van der Waals surface area (Å²) < 4.78 is 23.6. The number of carbonyl (C=O) groups is 1. The molecule has 29 heavy (non-hydrogen) atoms. The number of ether oxygens (including phenoxy) is 2. The molecule has 0 saturated carbocycles. The second-order valence-corrected chi connectivity index (χ2v) is 6.60. The Labute approximate surface area is 167 Å². The summed E-state index contributed by atoms with van der Waals surface area (Å²) in [6.45, 7) is 1.23. The molecule has 1 aromatic heterocycles. The zero-order valence-corrected chi connectivity index (χ0v) is 15.7. The highest BCUT2D eigenvalue weighted by Gasteiger charge is 2.14. The first-order valence-electron chi connectivity index (χ1n) is 9.28. The average Bonchev–Trinajstić information content (AvgIpc) is 3.21. The molecule has 7 heteroatoms. The van der Waals surface area contributed by atoms with Crippen molar-refractivity contribution in [3.05, 3.63) is 83.3 Å². The fourth-order valence-corrected chi connectivity index (χ4v) is 2.99. The summed E-state index contributed by atoms with van der Waals surface area (Å²) in [6, 6.07) is 15.4. The molecule has 0 fully saturated rings. The van der Waals surface area contributed by atoms with Gasteiger partial charge in [0, 0.05) is 24.8 Å². The van der Waals surface area contributed by atoms with Gasteiger partial charge in [0.1, 0.15) is 11.6 Å². The van der Waals surface area contributed by atoms with Gasteiger partial charge in [-0.2, -0.15) is 0 Å². The number of halogens is 1. The van der Waals surface area contributed by atoms with E-state index in [1.54, 1.807) is 30.5 Å². The number of pyridine rings is 1. The number of fused-ring (bicyclic) bond motifs is 1. The Kier molecular flexibility index (Phi) is 5.56. The summed E-state index contributed by atoms with van der Waals surface area (Å²) in [5, 5.41) is 6.08. The lowest BCUT2D eigenvalue weighted by Gasteiger charge is -2.09. The molecule has 2 heterocycles. The van der Waals surface area contributed by atoms with Crippen molar-refractivity contribution in [3.8, 4) is 11.5 Å². The Balaban J connectivity index is 1.30. The van der Waals surface area contributed by atoms with Crippen molar-refractivity contribution in [2.24, 2.45) is 0 Å². The first-order chi connectivity index (χ1) is 14.2. The largest absolute Gasteiger partial charge is 0.454 e. The normalized spacial score (nSPS) is 11.9. The van der Waals surface area contributed by atoms with E-state index in [9.17, 15) is 9.18 Å². The van der Waals surface area contributed by atoms with Crippen molar-refractivity contribution in [1.29, 1.82) is 0 Å². The predicted molar refractivity (Wildman–Crippen MR) is 107 cm³/mol. The first kappa shape index (κ1) is 18.7. The molecule has 148 valence electrons. The van der Waals surface area contributed by atoms with Crippen LogP contribution >= 0.6 is 0 Å². The highest BCUT2D eigenvalue weighted by molar-refractivity contribution is 5.94.